The van der Waals surface area contributed by atoms with Gasteiger partial charge in [-0.1, -0.05) is 52.4 Å². The zero-order chi connectivity index (χ0) is 21.8. The molecular formula is C24H26N2O2Si. The van der Waals surface area contributed by atoms with Gasteiger partial charge >= 0.3 is 0 Å². The predicted octanol–water partition coefficient (Wildman–Crippen LogP) is 4.64. The van der Waals surface area contributed by atoms with E-state index in [0.29, 0.717) is 6.42 Å². The molecular weight excluding hydrogens is 376 g/mol. The average Bonchev–Trinajstić information content (AvgIpc) is 2.63. The highest BCUT2D eigenvalue weighted by atomic mass is 28.3. The number of carbonyl (C=O) groups excluding carboxylic acids is 2. The minimum atomic E-state index is -1.70. The van der Waals surface area contributed by atoms with Crippen molar-refractivity contribution in [3.05, 3.63) is 46.5 Å². The average molecular weight is 403 g/mol. The van der Waals surface area contributed by atoms with Crippen molar-refractivity contribution in [3.63, 3.8) is 0 Å². The van der Waals surface area contributed by atoms with E-state index in [9.17, 15) is 14.9 Å². The fraction of sp³-hybridized carbons (Fsp3) is 0.500. The van der Waals surface area contributed by atoms with Crippen LogP contribution in [-0.4, -0.2) is 19.6 Å². The van der Waals surface area contributed by atoms with E-state index in [2.05, 4.69) is 36.0 Å². The Balaban J connectivity index is 2.32. The zero-order valence-electron chi connectivity index (χ0n) is 17.9. The normalized spacial score (nSPS) is 32.8. The molecule has 0 bridgehead atoms. The van der Waals surface area contributed by atoms with Crippen LogP contribution in [-0.2, 0) is 9.59 Å². The molecule has 0 saturated heterocycles. The van der Waals surface area contributed by atoms with Crippen LogP contribution in [0.4, 0.5) is 0 Å². The Hall–Kier alpha value is -2.68. The minimum Gasteiger partial charge on any atom is -0.307 e. The van der Waals surface area contributed by atoms with Gasteiger partial charge < -0.3 is 4.79 Å². The standard InChI is InChI=1S/C24H26N2O2Si/c1-22(2)19-8-9-24(10-11-29(5,6)7)13-16(15-25)18(27)12-20(24)23(19,3)14-17(26-4)21(22)28/h12-14,19H,8-9H2,1-3,5-7H3/t19?,23-,24+/m1/s1. The second kappa shape index (κ2) is 6.41. The van der Waals surface area contributed by atoms with Gasteiger partial charge in [-0.15, -0.1) is 5.54 Å². The van der Waals surface area contributed by atoms with Crippen LogP contribution in [0.1, 0.15) is 33.6 Å². The highest BCUT2D eigenvalue weighted by Gasteiger charge is 2.59. The van der Waals surface area contributed by atoms with E-state index >= 15 is 0 Å². The van der Waals surface area contributed by atoms with Gasteiger partial charge in [0.1, 0.15) is 14.1 Å². The molecule has 3 atom stereocenters. The largest absolute Gasteiger partial charge is 0.307 e. The van der Waals surface area contributed by atoms with E-state index in [4.69, 9.17) is 6.57 Å². The zero-order valence-corrected chi connectivity index (χ0v) is 18.9. The van der Waals surface area contributed by atoms with Gasteiger partial charge in [-0.2, -0.15) is 5.26 Å². The summed E-state index contributed by atoms with van der Waals surface area (Å²) < 4.78 is 0. The number of ketones is 2. The first-order chi connectivity index (χ1) is 13.3. The van der Waals surface area contributed by atoms with Crippen LogP contribution >= 0.6 is 0 Å². The number of hydrogen-bond donors (Lipinski definition) is 0. The third kappa shape index (κ3) is 3.13. The van der Waals surface area contributed by atoms with Crippen molar-refractivity contribution in [2.24, 2.45) is 22.2 Å². The molecule has 29 heavy (non-hydrogen) atoms. The lowest BCUT2D eigenvalue weighted by Gasteiger charge is -2.56. The summed E-state index contributed by atoms with van der Waals surface area (Å²) >= 11 is 0. The number of carbonyl (C=O) groups is 2. The molecule has 0 amide bonds. The number of nitrogens with zero attached hydrogens (tertiary/aromatic N) is 2. The van der Waals surface area contributed by atoms with Crippen molar-refractivity contribution in [2.75, 3.05) is 0 Å². The topological polar surface area (TPSA) is 62.3 Å². The molecule has 3 rings (SSSR count). The fourth-order valence-electron chi connectivity index (χ4n) is 5.20. The second-order valence-electron chi connectivity index (χ2n) is 10.1. The van der Waals surface area contributed by atoms with E-state index in [1.807, 2.05) is 26.8 Å². The minimum absolute atomic E-state index is 0.0362. The molecule has 1 unspecified atom stereocenters. The number of rotatable bonds is 0. The first-order valence-corrected chi connectivity index (χ1v) is 13.4. The Bertz CT molecular complexity index is 1060. The van der Waals surface area contributed by atoms with Gasteiger partial charge in [0.2, 0.25) is 5.70 Å². The number of Topliss-reactive ketones (excluding diaryl/α,β-unsaturated/α-hetero) is 1. The SMILES string of the molecule is [C-]#[N+]C1=C[C@@]2(C)C3=CC(=O)C(C#N)=C[C@@]3(C#C[Si](C)(C)C)CCC2C(C)(C)C1=O. The van der Waals surface area contributed by atoms with Crippen LogP contribution in [0.2, 0.25) is 19.6 Å². The lowest BCUT2D eigenvalue weighted by Crippen LogP contribution is -2.53. The smallest absolute Gasteiger partial charge is 0.226 e. The molecule has 0 heterocycles. The fourth-order valence-corrected chi connectivity index (χ4v) is 5.80. The van der Waals surface area contributed by atoms with E-state index in [1.54, 1.807) is 18.2 Å². The highest BCUT2D eigenvalue weighted by molar-refractivity contribution is 6.83. The maximum Gasteiger partial charge on any atom is 0.226 e. The van der Waals surface area contributed by atoms with Crippen LogP contribution in [0.5, 0.6) is 0 Å². The third-order valence-electron chi connectivity index (χ3n) is 6.57. The van der Waals surface area contributed by atoms with Crippen molar-refractivity contribution >= 4 is 19.6 Å². The summed E-state index contributed by atoms with van der Waals surface area (Å²) in [5, 5.41) is 9.48. The highest BCUT2D eigenvalue weighted by Crippen LogP contribution is 2.63. The molecule has 148 valence electrons. The first-order valence-electron chi connectivity index (χ1n) is 9.90. The Morgan fingerprint density at radius 1 is 1.21 bits per heavy atom. The van der Waals surface area contributed by atoms with Gasteiger partial charge in [-0.3, -0.25) is 4.79 Å². The number of allylic oxidation sites excluding steroid dienone is 6. The molecule has 1 saturated carbocycles. The van der Waals surface area contributed by atoms with Crippen molar-refractivity contribution in [1.29, 1.82) is 5.26 Å². The summed E-state index contributed by atoms with van der Waals surface area (Å²) in [5.41, 5.74) is 2.48. The van der Waals surface area contributed by atoms with Crippen LogP contribution in [0.3, 0.4) is 0 Å². The lowest BCUT2D eigenvalue weighted by molar-refractivity contribution is -0.130. The molecule has 3 aliphatic carbocycles. The lowest BCUT2D eigenvalue weighted by atomic mass is 9.46. The summed E-state index contributed by atoms with van der Waals surface area (Å²) in [5.74, 6) is 2.98. The summed E-state index contributed by atoms with van der Waals surface area (Å²) in [6.45, 7) is 19.8. The molecule has 0 aromatic rings. The molecule has 0 spiro atoms. The molecule has 0 N–H and O–H groups in total. The number of hydrogen-bond acceptors (Lipinski definition) is 3. The number of nitriles is 1. The third-order valence-corrected chi connectivity index (χ3v) is 7.45. The Morgan fingerprint density at radius 2 is 1.86 bits per heavy atom. The summed E-state index contributed by atoms with van der Waals surface area (Å²) in [4.78, 5) is 29.1. The maximum absolute atomic E-state index is 12.9. The predicted molar refractivity (Wildman–Crippen MR) is 115 cm³/mol. The Kier molecular flexibility index (Phi) is 4.65. The quantitative estimate of drug-likeness (QED) is 0.337. The Morgan fingerprint density at radius 3 is 2.41 bits per heavy atom. The van der Waals surface area contributed by atoms with E-state index in [1.165, 1.54) is 0 Å². The monoisotopic (exact) mass is 402 g/mol. The molecule has 1 fully saturated rings. The van der Waals surface area contributed by atoms with Crippen molar-refractivity contribution in [2.45, 2.75) is 53.3 Å². The van der Waals surface area contributed by atoms with Gasteiger partial charge in [-0.05, 0) is 36.5 Å². The summed E-state index contributed by atoms with van der Waals surface area (Å²) in [6.07, 6.45) is 6.46. The van der Waals surface area contributed by atoms with Gasteiger partial charge in [0, 0.05) is 10.8 Å². The Labute approximate surface area is 174 Å². The summed E-state index contributed by atoms with van der Waals surface area (Å²) in [6, 6.07) is 2.03. The molecule has 0 aromatic heterocycles. The maximum atomic E-state index is 12.9. The molecule has 0 radical (unpaired) electrons. The first kappa shape index (κ1) is 21.0. The molecule has 0 aromatic carbocycles. The van der Waals surface area contributed by atoms with Crippen LogP contribution < -0.4 is 0 Å². The van der Waals surface area contributed by atoms with Gasteiger partial charge in [0.05, 0.1) is 17.6 Å². The molecule has 0 aliphatic heterocycles. The van der Waals surface area contributed by atoms with Gasteiger partial charge in [0.15, 0.2) is 11.6 Å². The molecule has 3 aliphatic rings. The van der Waals surface area contributed by atoms with Crippen molar-refractivity contribution < 1.29 is 9.59 Å². The molecule has 4 nitrogen and oxygen atoms in total. The van der Waals surface area contributed by atoms with Crippen LogP contribution in [0.15, 0.2) is 35.1 Å². The van der Waals surface area contributed by atoms with Crippen molar-refractivity contribution in [3.8, 4) is 17.5 Å². The van der Waals surface area contributed by atoms with E-state index in [0.717, 1.165) is 12.0 Å². The second-order valence-corrected chi connectivity index (χ2v) is 14.9. The van der Waals surface area contributed by atoms with E-state index < -0.39 is 24.3 Å². The van der Waals surface area contributed by atoms with Gasteiger partial charge in [0.25, 0.3) is 0 Å². The van der Waals surface area contributed by atoms with Crippen LogP contribution in [0, 0.1) is 51.5 Å². The summed E-state index contributed by atoms with van der Waals surface area (Å²) in [7, 11) is -1.70. The molecule has 5 heteroatoms. The van der Waals surface area contributed by atoms with Gasteiger partial charge in [-0.25, -0.2) is 4.85 Å². The van der Waals surface area contributed by atoms with Crippen LogP contribution in [0.25, 0.3) is 4.85 Å². The number of fused-ring (bicyclic) bond motifs is 3. The van der Waals surface area contributed by atoms with Crippen molar-refractivity contribution in [1.82, 2.24) is 0 Å². The van der Waals surface area contributed by atoms with E-state index in [-0.39, 0.29) is 28.8 Å².